The molecular weight excluding hydrogens is 366 g/mol. The van der Waals surface area contributed by atoms with E-state index in [0.29, 0.717) is 19.0 Å². The summed E-state index contributed by atoms with van der Waals surface area (Å²) >= 11 is 0. The van der Waals surface area contributed by atoms with Crippen molar-refractivity contribution in [2.45, 2.75) is 20.8 Å². The molecule has 29 heavy (non-hydrogen) atoms. The van der Waals surface area contributed by atoms with E-state index in [1.54, 1.807) is 6.07 Å². The van der Waals surface area contributed by atoms with Crippen LogP contribution in [-0.4, -0.2) is 35.9 Å². The molecule has 6 nitrogen and oxygen atoms in total. The number of amides is 1. The van der Waals surface area contributed by atoms with Gasteiger partial charge < -0.3 is 14.8 Å². The van der Waals surface area contributed by atoms with Gasteiger partial charge in [0.2, 0.25) is 5.88 Å². The van der Waals surface area contributed by atoms with Gasteiger partial charge in [0.1, 0.15) is 12.4 Å². The molecule has 2 aromatic carbocycles. The van der Waals surface area contributed by atoms with Crippen molar-refractivity contribution in [1.82, 2.24) is 15.5 Å². The monoisotopic (exact) mass is 391 g/mol. The molecule has 3 aromatic rings. The number of carbonyl (C=O) groups excluding carboxylic acids is 1. The summed E-state index contributed by atoms with van der Waals surface area (Å²) in [6.07, 6.45) is 0. The average molecular weight is 391 g/mol. The summed E-state index contributed by atoms with van der Waals surface area (Å²) in [6, 6.07) is 17.6. The van der Waals surface area contributed by atoms with Crippen molar-refractivity contribution in [3.8, 4) is 22.9 Å². The fourth-order valence-electron chi connectivity index (χ4n) is 2.84. The number of aryl methyl sites for hydroxylation is 3. The smallest absolute Gasteiger partial charge is 0.258 e. The highest BCUT2D eigenvalue weighted by molar-refractivity contribution is 5.77. The molecule has 0 aliphatic rings. The Labute approximate surface area is 170 Å². The normalized spacial score (nSPS) is 10.4. The van der Waals surface area contributed by atoms with Gasteiger partial charge in [0.05, 0.1) is 12.2 Å². The predicted molar refractivity (Wildman–Crippen MR) is 112 cm³/mol. The van der Waals surface area contributed by atoms with Crippen molar-refractivity contribution >= 4 is 5.91 Å². The molecule has 1 N–H and O–H groups in total. The minimum absolute atomic E-state index is 0.0310. The first kappa shape index (κ1) is 20.3. The molecule has 0 saturated heterocycles. The summed E-state index contributed by atoms with van der Waals surface area (Å²) in [7, 11) is 0. The zero-order valence-corrected chi connectivity index (χ0v) is 16.9. The maximum atomic E-state index is 12.0. The Morgan fingerprint density at radius 1 is 0.897 bits per heavy atom. The SMILES string of the molecule is Cc1ccc(-c2ccc(OCCNC(=O)COc3c(C)cccc3C)nn2)cc1. The van der Waals surface area contributed by atoms with Gasteiger partial charge in [-0.2, -0.15) is 0 Å². The third-order valence-corrected chi connectivity index (χ3v) is 4.42. The third-order valence-electron chi connectivity index (χ3n) is 4.42. The van der Waals surface area contributed by atoms with E-state index in [1.165, 1.54) is 5.56 Å². The van der Waals surface area contributed by atoms with E-state index in [0.717, 1.165) is 28.1 Å². The molecule has 0 saturated carbocycles. The Morgan fingerprint density at radius 3 is 2.28 bits per heavy atom. The molecule has 0 fully saturated rings. The Hall–Kier alpha value is -3.41. The topological polar surface area (TPSA) is 73.3 Å². The molecule has 0 unspecified atom stereocenters. The van der Waals surface area contributed by atoms with Crippen LogP contribution in [-0.2, 0) is 4.79 Å². The average Bonchev–Trinajstić information content (AvgIpc) is 2.72. The van der Waals surface area contributed by atoms with Crippen LogP contribution in [0.4, 0.5) is 0 Å². The van der Waals surface area contributed by atoms with Crippen molar-refractivity contribution < 1.29 is 14.3 Å². The molecule has 0 radical (unpaired) electrons. The number of nitrogens with zero attached hydrogens (tertiary/aromatic N) is 2. The van der Waals surface area contributed by atoms with Crippen LogP contribution in [0.25, 0.3) is 11.3 Å². The second kappa shape index (κ2) is 9.68. The van der Waals surface area contributed by atoms with Crippen LogP contribution in [0.1, 0.15) is 16.7 Å². The minimum atomic E-state index is -0.197. The second-order valence-corrected chi connectivity index (χ2v) is 6.83. The summed E-state index contributed by atoms with van der Waals surface area (Å²) in [5, 5.41) is 11.0. The molecule has 0 atom stereocenters. The molecule has 3 rings (SSSR count). The highest BCUT2D eigenvalue weighted by Gasteiger charge is 2.07. The lowest BCUT2D eigenvalue weighted by molar-refractivity contribution is -0.123. The van der Waals surface area contributed by atoms with Gasteiger partial charge >= 0.3 is 0 Å². The van der Waals surface area contributed by atoms with Gasteiger partial charge in [0.15, 0.2) is 6.61 Å². The first-order valence-electron chi connectivity index (χ1n) is 9.52. The second-order valence-electron chi connectivity index (χ2n) is 6.83. The van der Waals surface area contributed by atoms with Gasteiger partial charge in [0.25, 0.3) is 5.91 Å². The van der Waals surface area contributed by atoms with Crippen LogP contribution in [0.3, 0.4) is 0 Å². The lowest BCUT2D eigenvalue weighted by atomic mass is 10.1. The summed E-state index contributed by atoms with van der Waals surface area (Å²) in [4.78, 5) is 12.0. The molecule has 1 aromatic heterocycles. The van der Waals surface area contributed by atoms with Crippen molar-refractivity contribution in [1.29, 1.82) is 0 Å². The maximum Gasteiger partial charge on any atom is 0.258 e. The van der Waals surface area contributed by atoms with Gasteiger partial charge in [-0.1, -0.05) is 48.0 Å². The van der Waals surface area contributed by atoms with Crippen molar-refractivity contribution in [2.75, 3.05) is 19.8 Å². The van der Waals surface area contributed by atoms with Crippen molar-refractivity contribution in [3.05, 3.63) is 71.3 Å². The van der Waals surface area contributed by atoms with E-state index in [4.69, 9.17) is 9.47 Å². The fourth-order valence-corrected chi connectivity index (χ4v) is 2.84. The summed E-state index contributed by atoms with van der Waals surface area (Å²) in [6.45, 7) is 6.58. The predicted octanol–water partition coefficient (Wildman–Crippen LogP) is 3.64. The number of benzene rings is 2. The van der Waals surface area contributed by atoms with Crippen LogP contribution in [0, 0.1) is 20.8 Å². The zero-order valence-electron chi connectivity index (χ0n) is 16.9. The van der Waals surface area contributed by atoms with Crippen LogP contribution < -0.4 is 14.8 Å². The van der Waals surface area contributed by atoms with Crippen molar-refractivity contribution in [3.63, 3.8) is 0 Å². The van der Waals surface area contributed by atoms with Crippen LogP contribution in [0.15, 0.2) is 54.6 Å². The van der Waals surface area contributed by atoms with Crippen LogP contribution in [0.5, 0.6) is 11.6 Å². The van der Waals surface area contributed by atoms with Crippen molar-refractivity contribution in [2.24, 2.45) is 0 Å². The Kier molecular flexibility index (Phi) is 6.79. The lowest BCUT2D eigenvalue weighted by Gasteiger charge is -2.12. The molecule has 0 spiro atoms. The van der Waals surface area contributed by atoms with Gasteiger partial charge in [-0.05, 0) is 38.0 Å². The number of ether oxygens (including phenoxy) is 2. The largest absolute Gasteiger partial charge is 0.483 e. The molecule has 6 heteroatoms. The van der Waals surface area contributed by atoms with E-state index in [1.807, 2.05) is 69.3 Å². The number of para-hydroxylation sites is 1. The van der Waals surface area contributed by atoms with Gasteiger partial charge in [-0.3, -0.25) is 4.79 Å². The van der Waals surface area contributed by atoms with Gasteiger partial charge in [-0.25, -0.2) is 0 Å². The molecule has 1 amide bonds. The molecular formula is C23H25N3O3. The zero-order chi connectivity index (χ0) is 20.6. The molecule has 0 aliphatic heterocycles. The summed E-state index contributed by atoms with van der Waals surface area (Å²) < 4.78 is 11.2. The van der Waals surface area contributed by atoms with E-state index in [-0.39, 0.29) is 12.5 Å². The van der Waals surface area contributed by atoms with E-state index < -0.39 is 0 Å². The minimum Gasteiger partial charge on any atom is -0.483 e. The Bertz CT molecular complexity index is 934. The quantitative estimate of drug-likeness (QED) is 0.594. The summed E-state index contributed by atoms with van der Waals surface area (Å²) in [5.41, 5.74) is 5.01. The number of carbonyl (C=O) groups is 1. The van der Waals surface area contributed by atoms with E-state index >= 15 is 0 Å². The van der Waals surface area contributed by atoms with Crippen LogP contribution >= 0.6 is 0 Å². The first-order chi connectivity index (χ1) is 14.0. The van der Waals surface area contributed by atoms with Gasteiger partial charge in [0, 0.05) is 11.6 Å². The number of aromatic nitrogens is 2. The maximum absolute atomic E-state index is 12.0. The highest BCUT2D eigenvalue weighted by Crippen LogP contribution is 2.22. The van der Waals surface area contributed by atoms with Gasteiger partial charge in [-0.15, -0.1) is 10.2 Å². The van der Waals surface area contributed by atoms with E-state index in [9.17, 15) is 4.79 Å². The number of rotatable bonds is 8. The first-order valence-corrected chi connectivity index (χ1v) is 9.52. The summed E-state index contributed by atoms with van der Waals surface area (Å²) in [5.74, 6) is 0.974. The lowest BCUT2D eigenvalue weighted by Crippen LogP contribution is -2.32. The Balaban J connectivity index is 1.40. The Morgan fingerprint density at radius 2 is 1.62 bits per heavy atom. The molecule has 1 heterocycles. The number of hydrogen-bond donors (Lipinski definition) is 1. The molecule has 150 valence electrons. The molecule has 0 aliphatic carbocycles. The molecule has 0 bridgehead atoms. The fraction of sp³-hybridized carbons (Fsp3) is 0.261. The highest BCUT2D eigenvalue weighted by atomic mass is 16.5. The number of hydrogen-bond acceptors (Lipinski definition) is 5. The van der Waals surface area contributed by atoms with E-state index in [2.05, 4.69) is 15.5 Å². The standard InChI is InChI=1S/C23H25N3O3/c1-16-7-9-19(10-8-16)20-11-12-22(26-25-20)28-14-13-24-21(27)15-29-23-17(2)5-4-6-18(23)3/h4-12H,13-15H2,1-3H3,(H,24,27). The number of nitrogens with one attached hydrogen (secondary N) is 1. The van der Waals surface area contributed by atoms with Crippen LogP contribution in [0.2, 0.25) is 0 Å². The third kappa shape index (κ3) is 5.78.